The second kappa shape index (κ2) is 7.65. The molecule has 0 aromatic carbocycles. The Kier molecular flexibility index (Phi) is 5.85. The van der Waals surface area contributed by atoms with Crippen LogP contribution in [0.2, 0.25) is 0 Å². The molecule has 0 radical (unpaired) electrons. The molecule has 1 aromatic rings. The molecule has 5 nitrogen and oxygen atoms in total. The van der Waals surface area contributed by atoms with E-state index in [1.165, 1.54) is 12.8 Å². The molecule has 1 N–H and O–H groups in total. The van der Waals surface area contributed by atoms with Gasteiger partial charge in [-0.3, -0.25) is 4.90 Å². The van der Waals surface area contributed by atoms with Crippen molar-refractivity contribution in [2.24, 2.45) is 0 Å². The summed E-state index contributed by atoms with van der Waals surface area (Å²) in [5, 5.41) is 3.40. The molecular weight excluding hydrogens is 244 g/mol. The monoisotopic (exact) mass is 268 g/mol. The number of rotatable bonds is 8. The van der Waals surface area contributed by atoms with Crippen molar-refractivity contribution in [2.45, 2.75) is 25.2 Å². The molecule has 1 aliphatic rings. The van der Waals surface area contributed by atoms with Crippen molar-refractivity contribution in [2.75, 3.05) is 40.4 Å². The van der Waals surface area contributed by atoms with Crippen LogP contribution in [0.5, 0.6) is 0 Å². The first kappa shape index (κ1) is 14.5. The Hall–Kier alpha value is -0.880. The Morgan fingerprint density at radius 2 is 2.00 bits per heavy atom. The van der Waals surface area contributed by atoms with E-state index in [1.807, 2.05) is 6.07 Å². The van der Waals surface area contributed by atoms with Crippen molar-refractivity contribution in [3.63, 3.8) is 0 Å². The molecule has 19 heavy (non-hydrogen) atoms. The number of methoxy groups -OCH3 is 2. The van der Waals surface area contributed by atoms with Crippen molar-refractivity contribution < 1.29 is 13.9 Å². The molecule has 1 saturated heterocycles. The number of ether oxygens (including phenoxy) is 2. The maximum atomic E-state index is 5.57. The highest BCUT2D eigenvalue weighted by molar-refractivity contribution is 5.06. The summed E-state index contributed by atoms with van der Waals surface area (Å²) >= 11 is 0. The molecule has 2 rings (SSSR count). The minimum atomic E-state index is -0.198. The molecule has 0 bridgehead atoms. The molecular formula is C14H24N2O3. The van der Waals surface area contributed by atoms with Gasteiger partial charge >= 0.3 is 0 Å². The van der Waals surface area contributed by atoms with Gasteiger partial charge < -0.3 is 19.2 Å². The summed E-state index contributed by atoms with van der Waals surface area (Å²) in [6.07, 6.45) is 4.09. The fraction of sp³-hybridized carbons (Fsp3) is 0.714. The fourth-order valence-electron chi connectivity index (χ4n) is 2.54. The molecule has 1 aliphatic heterocycles. The van der Waals surface area contributed by atoms with Crippen LogP contribution in [0.25, 0.3) is 0 Å². The van der Waals surface area contributed by atoms with E-state index in [2.05, 4.69) is 16.3 Å². The predicted molar refractivity (Wildman–Crippen MR) is 72.9 cm³/mol. The number of furan rings is 1. The second-order valence-corrected chi connectivity index (χ2v) is 4.83. The highest BCUT2D eigenvalue weighted by Gasteiger charge is 2.25. The minimum absolute atomic E-state index is 0.198. The maximum Gasteiger partial charge on any atom is 0.169 e. The van der Waals surface area contributed by atoms with Gasteiger partial charge in [-0.1, -0.05) is 0 Å². The largest absolute Gasteiger partial charge is 0.468 e. The SMILES string of the molecule is COC(CNCC(c1ccco1)N1CCCC1)OC. The summed E-state index contributed by atoms with van der Waals surface area (Å²) < 4.78 is 15.9. The van der Waals surface area contributed by atoms with Gasteiger partial charge in [-0.25, -0.2) is 0 Å². The number of nitrogens with zero attached hydrogens (tertiary/aromatic N) is 1. The highest BCUT2D eigenvalue weighted by atomic mass is 16.7. The molecule has 0 spiro atoms. The van der Waals surface area contributed by atoms with Gasteiger partial charge in [-0.05, 0) is 38.1 Å². The fourth-order valence-corrected chi connectivity index (χ4v) is 2.54. The molecule has 108 valence electrons. The zero-order valence-electron chi connectivity index (χ0n) is 11.8. The van der Waals surface area contributed by atoms with Gasteiger partial charge in [0.15, 0.2) is 6.29 Å². The van der Waals surface area contributed by atoms with Gasteiger partial charge in [-0.2, -0.15) is 0 Å². The van der Waals surface area contributed by atoms with Gasteiger partial charge in [0.2, 0.25) is 0 Å². The summed E-state index contributed by atoms with van der Waals surface area (Å²) in [4.78, 5) is 2.47. The van der Waals surface area contributed by atoms with Gasteiger partial charge in [0.05, 0.1) is 12.3 Å². The van der Waals surface area contributed by atoms with Crippen molar-refractivity contribution >= 4 is 0 Å². The Morgan fingerprint density at radius 1 is 1.26 bits per heavy atom. The lowest BCUT2D eigenvalue weighted by molar-refractivity contribution is -0.0991. The lowest BCUT2D eigenvalue weighted by atomic mass is 10.2. The normalized spacial score (nSPS) is 18.3. The number of nitrogens with one attached hydrogen (secondary N) is 1. The summed E-state index contributed by atoms with van der Waals surface area (Å²) in [5.74, 6) is 1.03. The lowest BCUT2D eigenvalue weighted by Crippen LogP contribution is -2.37. The molecule has 1 atom stereocenters. The van der Waals surface area contributed by atoms with Crippen LogP contribution >= 0.6 is 0 Å². The van der Waals surface area contributed by atoms with Gasteiger partial charge in [0.1, 0.15) is 5.76 Å². The predicted octanol–water partition coefficient (Wildman–Crippen LogP) is 1.62. The maximum absolute atomic E-state index is 5.57. The highest BCUT2D eigenvalue weighted by Crippen LogP contribution is 2.24. The van der Waals surface area contributed by atoms with E-state index < -0.39 is 0 Å². The average Bonchev–Trinajstić information content (AvgIpc) is 3.12. The van der Waals surface area contributed by atoms with E-state index in [0.29, 0.717) is 12.6 Å². The number of hydrogen-bond acceptors (Lipinski definition) is 5. The van der Waals surface area contributed by atoms with E-state index >= 15 is 0 Å². The van der Waals surface area contributed by atoms with E-state index in [0.717, 1.165) is 25.4 Å². The van der Waals surface area contributed by atoms with Crippen molar-refractivity contribution in [3.05, 3.63) is 24.2 Å². The molecule has 0 saturated carbocycles. The quantitative estimate of drug-likeness (QED) is 0.726. The first-order chi connectivity index (χ1) is 9.35. The molecule has 0 aliphatic carbocycles. The molecule has 1 unspecified atom stereocenters. The molecule has 1 aromatic heterocycles. The van der Waals surface area contributed by atoms with E-state index in [4.69, 9.17) is 13.9 Å². The van der Waals surface area contributed by atoms with Crippen molar-refractivity contribution in [1.82, 2.24) is 10.2 Å². The molecule has 1 fully saturated rings. The Labute approximate surface area is 114 Å². The molecule has 0 amide bonds. The van der Waals surface area contributed by atoms with Crippen LogP contribution in [0.1, 0.15) is 24.6 Å². The number of hydrogen-bond donors (Lipinski definition) is 1. The Morgan fingerprint density at radius 3 is 2.58 bits per heavy atom. The van der Waals surface area contributed by atoms with Crippen LogP contribution in [0.3, 0.4) is 0 Å². The first-order valence-electron chi connectivity index (χ1n) is 6.89. The molecule has 2 heterocycles. The standard InChI is InChI=1S/C14H24N2O3/c1-17-14(18-2)11-15-10-12(13-6-5-9-19-13)16-7-3-4-8-16/h5-6,9,12,14-15H,3-4,7-8,10-11H2,1-2H3. The van der Waals surface area contributed by atoms with Crippen molar-refractivity contribution in [3.8, 4) is 0 Å². The Balaban J connectivity index is 1.87. The summed E-state index contributed by atoms with van der Waals surface area (Å²) in [7, 11) is 3.31. The third kappa shape index (κ3) is 4.04. The van der Waals surface area contributed by atoms with Gasteiger partial charge in [0, 0.05) is 27.3 Å². The number of likely N-dealkylation sites (tertiary alicyclic amines) is 1. The summed E-state index contributed by atoms with van der Waals surface area (Å²) in [6, 6.07) is 4.30. The third-order valence-electron chi connectivity index (χ3n) is 3.63. The van der Waals surface area contributed by atoms with Crippen LogP contribution in [0.15, 0.2) is 22.8 Å². The Bertz CT molecular complexity index is 332. The van der Waals surface area contributed by atoms with Gasteiger partial charge in [-0.15, -0.1) is 0 Å². The lowest BCUT2D eigenvalue weighted by Gasteiger charge is -2.26. The zero-order valence-corrected chi connectivity index (χ0v) is 11.8. The minimum Gasteiger partial charge on any atom is -0.468 e. The zero-order chi connectivity index (χ0) is 13.5. The smallest absolute Gasteiger partial charge is 0.169 e. The topological polar surface area (TPSA) is 46.9 Å². The van der Waals surface area contributed by atoms with Crippen LogP contribution in [-0.2, 0) is 9.47 Å². The van der Waals surface area contributed by atoms with E-state index in [9.17, 15) is 0 Å². The van der Waals surface area contributed by atoms with Crippen LogP contribution in [0.4, 0.5) is 0 Å². The van der Waals surface area contributed by atoms with Gasteiger partial charge in [0.25, 0.3) is 0 Å². The molecule has 5 heteroatoms. The van der Waals surface area contributed by atoms with Crippen molar-refractivity contribution in [1.29, 1.82) is 0 Å². The summed E-state index contributed by atoms with van der Waals surface area (Å²) in [5.41, 5.74) is 0. The second-order valence-electron chi connectivity index (χ2n) is 4.83. The third-order valence-corrected chi connectivity index (χ3v) is 3.63. The van der Waals surface area contributed by atoms with Crippen LogP contribution in [-0.4, -0.2) is 51.6 Å². The van der Waals surface area contributed by atoms with Crippen LogP contribution in [0, 0.1) is 0 Å². The van der Waals surface area contributed by atoms with E-state index in [-0.39, 0.29) is 6.29 Å². The summed E-state index contributed by atoms with van der Waals surface area (Å²) in [6.45, 7) is 3.81. The van der Waals surface area contributed by atoms with E-state index in [1.54, 1.807) is 20.5 Å². The van der Waals surface area contributed by atoms with Crippen LogP contribution < -0.4 is 5.32 Å². The first-order valence-corrected chi connectivity index (χ1v) is 6.89. The average molecular weight is 268 g/mol.